The molecule has 0 amide bonds. The average molecular weight is 330 g/mol. The van der Waals surface area contributed by atoms with Crippen molar-refractivity contribution >= 4 is 33.1 Å². The summed E-state index contributed by atoms with van der Waals surface area (Å²) in [6.07, 6.45) is 1.88. The second-order valence-electron chi connectivity index (χ2n) is 5.11. The SMILES string of the molecule is Cc1ccc(Br)cc1OCCCC(C)(C)C(N)=S. The molecule has 0 saturated carbocycles. The number of halogens is 1. The molecule has 0 aromatic heterocycles. The summed E-state index contributed by atoms with van der Waals surface area (Å²) in [5.74, 6) is 0.928. The van der Waals surface area contributed by atoms with Crippen molar-refractivity contribution < 1.29 is 4.74 Å². The molecule has 1 aromatic rings. The Morgan fingerprint density at radius 1 is 1.44 bits per heavy atom. The molecule has 0 fully saturated rings. The van der Waals surface area contributed by atoms with Gasteiger partial charge in [0.1, 0.15) is 5.75 Å². The Bertz CT molecular complexity index is 432. The second-order valence-corrected chi connectivity index (χ2v) is 6.47. The first-order valence-corrected chi connectivity index (χ1v) is 7.22. The molecule has 1 rings (SSSR count). The molecule has 0 aliphatic heterocycles. The molecular formula is C14H20BrNOS. The van der Waals surface area contributed by atoms with E-state index in [1.54, 1.807) is 0 Å². The molecule has 18 heavy (non-hydrogen) atoms. The molecule has 2 N–H and O–H groups in total. The van der Waals surface area contributed by atoms with Crippen LogP contribution in [-0.4, -0.2) is 11.6 Å². The monoisotopic (exact) mass is 329 g/mol. The molecule has 4 heteroatoms. The van der Waals surface area contributed by atoms with Crippen LogP contribution in [0.2, 0.25) is 0 Å². The topological polar surface area (TPSA) is 35.2 Å². The van der Waals surface area contributed by atoms with Crippen LogP contribution in [-0.2, 0) is 0 Å². The molecule has 0 bridgehead atoms. The summed E-state index contributed by atoms with van der Waals surface area (Å²) in [6.45, 7) is 6.86. The highest BCUT2D eigenvalue weighted by molar-refractivity contribution is 9.10. The largest absolute Gasteiger partial charge is 0.493 e. The van der Waals surface area contributed by atoms with E-state index < -0.39 is 0 Å². The third-order valence-electron chi connectivity index (χ3n) is 3.02. The normalized spacial score (nSPS) is 11.3. The number of ether oxygens (including phenoxy) is 1. The van der Waals surface area contributed by atoms with E-state index in [9.17, 15) is 0 Å². The van der Waals surface area contributed by atoms with Gasteiger partial charge in [-0.1, -0.05) is 48.1 Å². The molecule has 0 saturated heterocycles. The second kappa shape index (κ2) is 6.53. The molecule has 0 heterocycles. The fourth-order valence-corrected chi connectivity index (χ4v) is 1.99. The maximum Gasteiger partial charge on any atom is 0.123 e. The van der Waals surface area contributed by atoms with E-state index in [1.807, 2.05) is 25.1 Å². The summed E-state index contributed by atoms with van der Waals surface area (Å²) in [5.41, 5.74) is 6.74. The van der Waals surface area contributed by atoms with Crippen molar-refractivity contribution in [3.05, 3.63) is 28.2 Å². The van der Waals surface area contributed by atoms with Crippen LogP contribution in [0, 0.1) is 12.3 Å². The highest BCUT2D eigenvalue weighted by atomic mass is 79.9. The van der Waals surface area contributed by atoms with Crippen LogP contribution in [0.3, 0.4) is 0 Å². The zero-order valence-electron chi connectivity index (χ0n) is 11.1. The van der Waals surface area contributed by atoms with Crippen molar-refractivity contribution in [2.24, 2.45) is 11.1 Å². The Labute approximate surface area is 123 Å². The number of aryl methyl sites for hydroxylation is 1. The highest BCUT2D eigenvalue weighted by Crippen LogP contribution is 2.25. The van der Waals surface area contributed by atoms with Crippen LogP contribution in [0.4, 0.5) is 0 Å². The predicted molar refractivity (Wildman–Crippen MR) is 84.2 cm³/mol. The Balaban J connectivity index is 2.43. The summed E-state index contributed by atoms with van der Waals surface area (Å²) in [6, 6.07) is 6.05. The van der Waals surface area contributed by atoms with E-state index in [4.69, 9.17) is 22.7 Å². The molecule has 0 unspecified atom stereocenters. The molecule has 100 valence electrons. The van der Waals surface area contributed by atoms with Crippen molar-refractivity contribution in [2.75, 3.05) is 6.61 Å². The molecule has 0 aliphatic carbocycles. The average Bonchev–Trinajstić information content (AvgIpc) is 2.28. The van der Waals surface area contributed by atoms with Crippen LogP contribution >= 0.6 is 28.1 Å². The Morgan fingerprint density at radius 2 is 2.11 bits per heavy atom. The van der Waals surface area contributed by atoms with Gasteiger partial charge in [0.2, 0.25) is 0 Å². The van der Waals surface area contributed by atoms with Gasteiger partial charge in [-0.2, -0.15) is 0 Å². The summed E-state index contributed by atoms with van der Waals surface area (Å²) in [5, 5.41) is 0. The van der Waals surface area contributed by atoms with Gasteiger partial charge in [-0.05, 0) is 37.5 Å². The highest BCUT2D eigenvalue weighted by Gasteiger charge is 2.20. The van der Waals surface area contributed by atoms with Crippen molar-refractivity contribution in [1.29, 1.82) is 0 Å². The number of rotatable bonds is 6. The van der Waals surface area contributed by atoms with Gasteiger partial charge >= 0.3 is 0 Å². The van der Waals surface area contributed by atoms with E-state index in [-0.39, 0.29) is 5.41 Å². The number of benzene rings is 1. The number of thiocarbonyl (C=S) groups is 1. The zero-order valence-corrected chi connectivity index (χ0v) is 13.5. The lowest BCUT2D eigenvalue weighted by Gasteiger charge is -2.22. The molecule has 0 spiro atoms. The molecule has 0 radical (unpaired) electrons. The van der Waals surface area contributed by atoms with Crippen molar-refractivity contribution in [1.82, 2.24) is 0 Å². The van der Waals surface area contributed by atoms with E-state index >= 15 is 0 Å². The quantitative estimate of drug-likeness (QED) is 0.626. The van der Waals surface area contributed by atoms with Crippen LogP contribution in [0.1, 0.15) is 32.3 Å². The summed E-state index contributed by atoms with van der Waals surface area (Å²) in [7, 11) is 0. The zero-order chi connectivity index (χ0) is 13.8. The fraction of sp³-hybridized carbons (Fsp3) is 0.500. The smallest absolute Gasteiger partial charge is 0.123 e. The van der Waals surface area contributed by atoms with Gasteiger partial charge in [0, 0.05) is 9.89 Å². The van der Waals surface area contributed by atoms with Crippen molar-refractivity contribution in [3.8, 4) is 5.75 Å². The van der Waals surface area contributed by atoms with E-state index in [0.29, 0.717) is 11.6 Å². The predicted octanol–water partition coefficient (Wildman–Crippen LogP) is 4.23. The van der Waals surface area contributed by atoms with Gasteiger partial charge in [0.15, 0.2) is 0 Å². The van der Waals surface area contributed by atoms with Gasteiger partial charge in [-0.15, -0.1) is 0 Å². The molecule has 1 aromatic carbocycles. The lowest BCUT2D eigenvalue weighted by atomic mass is 9.88. The number of hydrogen-bond donors (Lipinski definition) is 1. The minimum atomic E-state index is -0.0923. The van der Waals surface area contributed by atoms with Gasteiger partial charge in [-0.3, -0.25) is 0 Å². The van der Waals surface area contributed by atoms with Crippen LogP contribution in [0.15, 0.2) is 22.7 Å². The third-order valence-corrected chi connectivity index (χ3v) is 4.07. The van der Waals surface area contributed by atoms with Gasteiger partial charge < -0.3 is 10.5 Å². The van der Waals surface area contributed by atoms with E-state index in [0.717, 1.165) is 28.6 Å². The van der Waals surface area contributed by atoms with Crippen LogP contribution in [0.25, 0.3) is 0 Å². The van der Waals surface area contributed by atoms with Crippen LogP contribution < -0.4 is 10.5 Å². The number of nitrogens with two attached hydrogens (primary N) is 1. The maximum absolute atomic E-state index is 5.78. The molecular weight excluding hydrogens is 310 g/mol. The van der Waals surface area contributed by atoms with Crippen molar-refractivity contribution in [3.63, 3.8) is 0 Å². The van der Waals surface area contributed by atoms with Gasteiger partial charge in [0.25, 0.3) is 0 Å². The lowest BCUT2D eigenvalue weighted by molar-refractivity contribution is 0.286. The minimum absolute atomic E-state index is 0.0923. The molecule has 0 aliphatic rings. The molecule has 2 nitrogen and oxygen atoms in total. The van der Waals surface area contributed by atoms with Crippen LogP contribution in [0.5, 0.6) is 5.75 Å². The van der Waals surface area contributed by atoms with E-state index in [1.165, 1.54) is 0 Å². The van der Waals surface area contributed by atoms with Gasteiger partial charge in [-0.25, -0.2) is 0 Å². The lowest BCUT2D eigenvalue weighted by Crippen LogP contribution is -2.30. The van der Waals surface area contributed by atoms with E-state index in [2.05, 4.69) is 29.8 Å². The minimum Gasteiger partial charge on any atom is -0.493 e. The van der Waals surface area contributed by atoms with Gasteiger partial charge in [0.05, 0.1) is 11.6 Å². The fourth-order valence-electron chi connectivity index (χ4n) is 1.55. The first-order valence-electron chi connectivity index (χ1n) is 6.02. The van der Waals surface area contributed by atoms with Crippen molar-refractivity contribution in [2.45, 2.75) is 33.6 Å². The summed E-state index contributed by atoms with van der Waals surface area (Å²) < 4.78 is 6.81. The summed E-state index contributed by atoms with van der Waals surface area (Å²) >= 11 is 8.49. The molecule has 0 atom stereocenters. The Morgan fingerprint density at radius 3 is 2.72 bits per heavy atom. The third kappa shape index (κ3) is 4.58. The Kier molecular flexibility index (Phi) is 5.60. The Hall–Kier alpha value is -0.610. The summed E-state index contributed by atoms with van der Waals surface area (Å²) in [4.78, 5) is 0.570. The maximum atomic E-state index is 5.78. The first kappa shape index (κ1) is 15.4. The standard InChI is InChI=1S/C14H20BrNOS/c1-10-5-6-11(15)9-12(10)17-8-4-7-14(2,3)13(16)18/h5-6,9H,4,7-8H2,1-3H3,(H2,16,18). The number of hydrogen-bond acceptors (Lipinski definition) is 2. The first-order chi connectivity index (χ1) is 8.33.